The summed E-state index contributed by atoms with van der Waals surface area (Å²) < 4.78 is 0.977. The molecule has 88 valence electrons. The van der Waals surface area contributed by atoms with Gasteiger partial charge in [0, 0.05) is 12.2 Å². The molecule has 0 aliphatic rings. The first-order chi connectivity index (χ1) is 8.22. The van der Waals surface area contributed by atoms with Crippen LogP contribution in [0.15, 0.2) is 46.3 Å². The minimum absolute atomic E-state index is 0.0504. The van der Waals surface area contributed by atoms with Crippen LogP contribution in [0.1, 0.15) is 16.6 Å². The highest BCUT2D eigenvalue weighted by atomic mass is 79.9. The Labute approximate surface area is 113 Å². The van der Waals surface area contributed by atoms with Crippen LogP contribution in [-0.2, 0) is 0 Å². The van der Waals surface area contributed by atoms with Crippen molar-refractivity contribution in [3.05, 3.63) is 51.1 Å². The van der Waals surface area contributed by atoms with Gasteiger partial charge >= 0.3 is 0 Å². The highest BCUT2D eigenvalue weighted by molar-refractivity contribution is 9.11. The lowest BCUT2D eigenvalue weighted by Gasteiger charge is -2.20. The van der Waals surface area contributed by atoms with E-state index in [1.165, 1.54) is 11.3 Å². The average molecular weight is 310 g/mol. The van der Waals surface area contributed by atoms with E-state index in [-0.39, 0.29) is 5.91 Å². The van der Waals surface area contributed by atoms with Gasteiger partial charge in [-0.15, -0.1) is 11.3 Å². The molecule has 0 radical (unpaired) electrons. The number of halogens is 1. The van der Waals surface area contributed by atoms with E-state index in [4.69, 9.17) is 0 Å². The fourth-order valence-electron chi connectivity index (χ4n) is 1.61. The number of carbonyl (C=O) groups excluding carboxylic acids is 1. The predicted molar refractivity (Wildman–Crippen MR) is 75.8 cm³/mol. The summed E-state index contributed by atoms with van der Waals surface area (Å²) in [6.07, 6.45) is 0. The van der Waals surface area contributed by atoms with E-state index in [0.29, 0.717) is 6.54 Å². The third-order valence-electron chi connectivity index (χ3n) is 2.41. The van der Waals surface area contributed by atoms with Gasteiger partial charge in [-0.1, -0.05) is 18.2 Å². The number of hydrogen-bond donors (Lipinski definition) is 0. The molecular weight excluding hydrogens is 298 g/mol. The van der Waals surface area contributed by atoms with E-state index in [9.17, 15) is 4.79 Å². The molecule has 0 N–H and O–H groups in total. The molecule has 2 nitrogen and oxygen atoms in total. The first-order valence-corrected chi connectivity index (χ1v) is 6.95. The Morgan fingerprint density at radius 2 is 1.94 bits per heavy atom. The third-order valence-corrected chi connectivity index (χ3v) is 4.02. The number of amides is 1. The summed E-state index contributed by atoms with van der Waals surface area (Å²) in [6, 6.07) is 13.5. The van der Waals surface area contributed by atoms with Crippen molar-refractivity contribution in [2.45, 2.75) is 6.92 Å². The molecule has 0 unspecified atom stereocenters. The molecule has 1 amide bonds. The maximum absolute atomic E-state index is 12.3. The zero-order valence-corrected chi connectivity index (χ0v) is 11.8. The molecule has 0 aliphatic heterocycles. The summed E-state index contributed by atoms with van der Waals surface area (Å²) >= 11 is 4.84. The molecule has 0 spiro atoms. The molecule has 1 aromatic carbocycles. The van der Waals surface area contributed by atoms with Crippen molar-refractivity contribution in [3.63, 3.8) is 0 Å². The van der Waals surface area contributed by atoms with Crippen LogP contribution < -0.4 is 4.90 Å². The second-order valence-electron chi connectivity index (χ2n) is 3.49. The molecule has 0 aliphatic carbocycles. The zero-order chi connectivity index (χ0) is 12.3. The molecule has 0 fully saturated rings. The molecule has 0 atom stereocenters. The Morgan fingerprint density at radius 1 is 1.24 bits per heavy atom. The maximum Gasteiger partial charge on any atom is 0.268 e. The number of hydrogen-bond acceptors (Lipinski definition) is 2. The molecule has 17 heavy (non-hydrogen) atoms. The smallest absolute Gasteiger partial charge is 0.268 e. The van der Waals surface area contributed by atoms with Gasteiger partial charge in [0.05, 0.1) is 8.66 Å². The SMILES string of the molecule is CCN(C(=O)c1ccc(Br)s1)c1ccccc1. The highest BCUT2D eigenvalue weighted by Gasteiger charge is 2.17. The van der Waals surface area contributed by atoms with Gasteiger partial charge in [0.2, 0.25) is 0 Å². The normalized spacial score (nSPS) is 10.2. The minimum atomic E-state index is 0.0504. The second kappa shape index (κ2) is 5.47. The zero-order valence-electron chi connectivity index (χ0n) is 9.39. The number of para-hydroxylation sites is 1. The summed E-state index contributed by atoms with van der Waals surface area (Å²) in [4.78, 5) is 14.8. The van der Waals surface area contributed by atoms with Crippen LogP contribution >= 0.6 is 27.3 Å². The predicted octanol–water partition coefficient (Wildman–Crippen LogP) is 4.18. The number of benzene rings is 1. The summed E-state index contributed by atoms with van der Waals surface area (Å²) in [5.41, 5.74) is 0.935. The van der Waals surface area contributed by atoms with Gasteiger partial charge in [0.1, 0.15) is 0 Å². The second-order valence-corrected chi connectivity index (χ2v) is 5.95. The molecule has 1 heterocycles. The first kappa shape index (κ1) is 12.3. The van der Waals surface area contributed by atoms with E-state index in [2.05, 4.69) is 15.9 Å². The summed E-state index contributed by atoms with van der Waals surface area (Å²) in [5.74, 6) is 0.0504. The van der Waals surface area contributed by atoms with E-state index in [1.807, 2.05) is 49.4 Å². The minimum Gasteiger partial charge on any atom is -0.308 e. The van der Waals surface area contributed by atoms with Gasteiger partial charge < -0.3 is 4.90 Å². The van der Waals surface area contributed by atoms with E-state index >= 15 is 0 Å². The molecule has 0 bridgehead atoms. The van der Waals surface area contributed by atoms with Crippen molar-refractivity contribution >= 4 is 38.9 Å². The number of thiophene rings is 1. The fourth-order valence-corrected chi connectivity index (χ4v) is 2.95. The van der Waals surface area contributed by atoms with Crippen molar-refractivity contribution in [2.24, 2.45) is 0 Å². The lowest BCUT2D eigenvalue weighted by molar-refractivity contribution is 0.0992. The van der Waals surface area contributed by atoms with Crippen molar-refractivity contribution in [1.29, 1.82) is 0 Å². The lowest BCUT2D eigenvalue weighted by atomic mass is 10.2. The number of anilines is 1. The summed E-state index contributed by atoms with van der Waals surface area (Å²) in [6.45, 7) is 2.64. The number of carbonyl (C=O) groups is 1. The number of rotatable bonds is 3. The van der Waals surface area contributed by atoms with Crippen LogP contribution in [0.4, 0.5) is 5.69 Å². The largest absolute Gasteiger partial charge is 0.308 e. The van der Waals surface area contributed by atoms with Crippen LogP contribution in [0.5, 0.6) is 0 Å². The average Bonchev–Trinajstić information content (AvgIpc) is 2.78. The topological polar surface area (TPSA) is 20.3 Å². The van der Waals surface area contributed by atoms with Crippen LogP contribution in [0.3, 0.4) is 0 Å². The van der Waals surface area contributed by atoms with Gasteiger partial charge in [-0.3, -0.25) is 4.79 Å². The molecule has 0 saturated carbocycles. The monoisotopic (exact) mass is 309 g/mol. The first-order valence-electron chi connectivity index (χ1n) is 5.34. The molecule has 2 aromatic rings. The van der Waals surface area contributed by atoms with Gasteiger partial charge in [0.15, 0.2) is 0 Å². The Bertz CT molecular complexity index is 509. The van der Waals surface area contributed by atoms with Gasteiger partial charge in [0.25, 0.3) is 5.91 Å². The van der Waals surface area contributed by atoms with Crippen LogP contribution in [0.2, 0.25) is 0 Å². The Balaban J connectivity index is 2.28. The van der Waals surface area contributed by atoms with Gasteiger partial charge in [-0.05, 0) is 47.1 Å². The molecule has 1 aromatic heterocycles. The van der Waals surface area contributed by atoms with E-state index in [0.717, 1.165) is 14.4 Å². The van der Waals surface area contributed by atoms with Gasteiger partial charge in [-0.25, -0.2) is 0 Å². The number of nitrogens with zero attached hydrogens (tertiary/aromatic N) is 1. The Kier molecular flexibility index (Phi) is 3.97. The van der Waals surface area contributed by atoms with E-state index in [1.54, 1.807) is 4.90 Å². The Hall–Kier alpha value is -1.13. The molecule has 4 heteroatoms. The summed E-state index contributed by atoms with van der Waals surface area (Å²) in [7, 11) is 0. The lowest BCUT2D eigenvalue weighted by Crippen LogP contribution is -2.29. The molecule has 0 saturated heterocycles. The molecular formula is C13H12BrNOS. The van der Waals surface area contributed by atoms with E-state index < -0.39 is 0 Å². The van der Waals surface area contributed by atoms with Crippen LogP contribution in [0.25, 0.3) is 0 Å². The van der Waals surface area contributed by atoms with Gasteiger partial charge in [-0.2, -0.15) is 0 Å². The van der Waals surface area contributed by atoms with Crippen molar-refractivity contribution < 1.29 is 4.79 Å². The van der Waals surface area contributed by atoms with Crippen molar-refractivity contribution in [3.8, 4) is 0 Å². The third kappa shape index (κ3) is 2.76. The van der Waals surface area contributed by atoms with Crippen LogP contribution in [0, 0.1) is 0 Å². The van der Waals surface area contributed by atoms with Crippen molar-refractivity contribution in [1.82, 2.24) is 0 Å². The van der Waals surface area contributed by atoms with Crippen molar-refractivity contribution in [2.75, 3.05) is 11.4 Å². The van der Waals surface area contributed by atoms with Crippen LogP contribution in [-0.4, -0.2) is 12.5 Å². The summed E-state index contributed by atoms with van der Waals surface area (Å²) in [5, 5.41) is 0. The standard InChI is InChI=1S/C13H12BrNOS/c1-2-15(10-6-4-3-5-7-10)13(16)11-8-9-12(14)17-11/h3-9H,2H2,1H3. The highest BCUT2D eigenvalue weighted by Crippen LogP contribution is 2.25. The Morgan fingerprint density at radius 3 is 2.47 bits per heavy atom. The fraction of sp³-hybridized carbons (Fsp3) is 0.154. The maximum atomic E-state index is 12.3. The molecule has 2 rings (SSSR count). The quantitative estimate of drug-likeness (QED) is 0.833.